The number of carbonyl (C=O) groups is 3. The second-order valence-electron chi connectivity index (χ2n) is 10.6. The predicted molar refractivity (Wildman–Crippen MR) is 134 cm³/mol. The molecule has 2 N–H and O–H groups in total. The summed E-state index contributed by atoms with van der Waals surface area (Å²) in [5.41, 5.74) is -6.54. The molecule has 8 nitrogen and oxygen atoms in total. The van der Waals surface area contributed by atoms with Crippen LogP contribution in [-0.4, -0.2) is 57.1 Å². The van der Waals surface area contributed by atoms with Gasteiger partial charge in [0.15, 0.2) is 0 Å². The highest BCUT2D eigenvalue weighted by Crippen LogP contribution is 2.58. The van der Waals surface area contributed by atoms with Crippen molar-refractivity contribution in [1.82, 2.24) is 0 Å². The van der Waals surface area contributed by atoms with E-state index in [2.05, 4.69) is 0 Å². The second kappa shape index (κ2) is 9.43. The highest BCUT2D eigenvalue weighted by Gasteiger charge is 2.75. The minimum Gasteiger partial charge on any atom is -0.479 e. The number of hydrogen-bond donors (Lipinski definition) is 2. The van der Waals surface area contributed by atoms with Crippen LogP contribution < -0.4 is 0 Å². The van der Waals surface area contributed by atoms with E-state index in [4.69, 9.17) is 14.2 Å². The van der Waals surface area contributed by atoms with Crippen LogP contribution in [0.3, 0.4) is 0 Å². The van der Waals surface area contributed by atoms with E-state index < -0.39 is 52.3 Å². The van der Waals surface area contributed by atoms with Crippen LogP contribution in [0.5, 0.6) is 0 Å². The minimum atomic E-state index is -2.31. The average Bonchev–Trinajstić information content (AvgIpc) is 2.96. The minimum absolute atomic E-state index is 0.0307. The number of carboxylic acid groups (broad SMARTS) is 1. The van der Waals surface area contributed by atoms with Crippen LogP contribution in [0.25, 0.3) is 0 Å². The first-order valence-corrected chi connectivity index (χ1v) is 12.2. The van der Waals surface area contributed by atoms with Crippen LogP contribution in [0.2, 0.25) is 0 Å². The molecule has 0 spiro atoms. The van der Waals surface area contributed by atoms with E-state index in [1.54, 1.807) is 86.7 Å². The van der Waals surface area contributed by atoms with Gasteiger partial charge in [0.25, 0.3) is 0 Å². The summed E-state index contributed by atoms with van der Waals surface area (Å²) in [6.45, 7) is 6.25. The molecule has 1 heterocycles. The molecular formula is C29H32O8. The summed E-state index contributed by atoms with van der Waals surface area (Å²) >= 11 is 0. The molecule has 1 aliphatic carbocycles. The molecule has 37 heavy (non-hydrogen) atoms. The molecule has 5 atom stereocenters. The van der Waals surface area contributed by atoms with Gasteiger partial charge in [-0.15, -0.1) is 0 Å². The fourth-order valence-corrected chi connectivity index (χ4v) is 5.62. The Morgan fingerprint density at radius 2 is 1.38 bits per heavy atom. The number of ether oxygens (including phenoxy) is 3. The van der Waals surface area contributed by atoms with Gasteiger partial charge >= 0.3 is 17.9 Å². The van der Waals surface area contributed by atoms with Crippen molar-refractivity contribution in [3.63, 3.8) is 0 Å². The summed E-state index contributed by atoms with van der Waals surface area (Å²) in [6, 6.07) is 16.6. The Hall–Kier alpha value is -3.49. The lowest BCUT2D eigenvalue weighted by molar-refractivity contribution is -0.306. The zero-order valence-corrected chi connectivity index (χ0v) is 21.3. The summed E-state index contributed by atoms with van der Waals surface area (Å²) in [7, 11) is 0. The van der Waals surface area contributed by atoms with Crippen LogP contribution >= 0.6 is 0 Å². The number of aliphatic carboxylic acids is 1. The van der Waals surface area contributed by atoms with Crippen molar-refractivity contribution >= 4 is 17.9 Å². The quantitative estimate of drug-likeness (QED) is 0.456. The lowest BCUT2D eigenvalue weighted by atomic mass is 9.53. The topological polar surface area (TPSA) is 119 Å². The van der Waals surface area contributed by atoms with E-state index in [0.29, 0.717) is 0 Å². The third-order valence-electron chi connectivity index (χ3n) is 7.56. The molecule has 0 bridgehead atoms. The van der Waals surface area contributed by atoms with Crippen LogP contribution in [0.1, 0.15) is 61.3 Å². The number of carboxylic acids is 1. The first-order chi connectivity index (χ1) is 17.3. The molecule has 8 heteroatoms. The van der Waals surface area contributed by atoms with Crippen molar-refractivity contribution in [2.75, 3.05) is 0 Å². The standard InChI is InChI=1S/C29H32O8/c1-26(2)17-15-21(35-23(30)19-11-7-5-8-12-19)28(4)22(36-24(31)20-13-9-6-10-14-20)16-18-27(3,34)29(28,37-26)25(32)33/h5-15,17,21-22,34H,16,18H2,1-4H3,(H,32,33)/t21-,22+,27+,28-,29+/m1/s1. The lowest BCUT2D eigenvalue weighted by Gasteiger charge is -2.60. The van der Waals surface area contributed by atoms with Crippen molar-refractivity contribution in [2.24, 2.45) is 5.41 Å². The number of rotatable bonds is 5. The summed E-state index contributed by atoms with van der Waals surface area (Å²) in [4.78, 5) is 39.5. The van der Waals surface area contributed by atoms with E-state index in [-0.39, 0.29) is 24.0 Å². The fourth-order valence-electron chi connectivity index (χ4n) is 5.62. The van der Waals surface area contributed by atoms with Crippen LogP contribution in [0.4, 0.5) is 0 Å². The van der Waals surface area contributed by atoms with E-state index >= 15 is 0 Å². The van der Waals surface area contributed by atoms with Crippen molar-refractivity contribution in [2.45, 2.75) is 69.5 Å². The van der Waals surface area contributed by atoms with Gasteiger partial charge in [-0.05, 0) is 70.9 Å². The van der Waals surface area contributed by atoms with Crippen molar-refractivity contribution in [1.29, 1.82) is 0 Å². The maximum atomic E-state index is 13.2. The summed E-state index contributed by atoms with van der Waals surface area (Å²) in [5.74, 6) is -2.79. The third-order valence-corrected chi connectivity index (χ3v) is 7.56. The molecule has 0 saturated heterocycles. The van der Waals surface area contributed by atoms with Gasteiger partial charge in [0.1, 0.15) is 17.8 Å². The summed E-state index contributed by atoms with van der Waals surface area (Å²) < 4.78 is 18.2. The molecule has 0 unspecified atom stereocenters. The first-order valence-electron chi connectivity index (χ1n) is 12.2. The number of carbonyl (C=O) groups excluding carboxylic acids is 2. The van der Waals surface area contributed by atoms with E-state index in [1.807, 2.05) is 0 Å². The van der Waals surface area contributed by atoms with Gasteiger partial charge in [0.2, 0.25) is 5.60 Å². The Labute approximate surface area is 215 Å². The van der Waals surface area contributed by atoms with Gasteiger partial charge in [0.05, 0.1) is 22.1 Å². The Kier molecular flexibility index (Phi) is 6.77. The van der Waals surface area contributed by atoms with E-state index in [0.717, 1.165) is 0 Å². The molecule has 4 rings (SSSR count). The van der Waals surface area contributed by atoms with Crippen LogP contribution in [0, 0.1) is 5.41 Å². The number of esters is 2. The van der Waals surface area contributed by atoms with E-state index in [1.165, 1.54) is 13.8 Å². The second-order valence-corrected chi connectivity index (χ2v) is 10.6. The van der Waals surface area contributed by atoms with Crippen LogP contribution in [0.15, 0.2) is 72.8 Å². The molecular weight excluding hydrogens is 476 g/mol. The number of fused-ring (bicyclic) bond motifs is 1. The number of aliphatic hydroxyl groups is 1. The van der Waals surface area contributed by atoms with Gasteiger partial charge in [-0.1, -0.05) is 42.5 Å². The highest BCUT2D eigenvalue weighted by atomic mass is 16.6. The Bertz CT molecular complexity index is 1200. The molecule has 2 aliphatic rings. The van der Waals surface area contributed by atoms with E-state index in [9.17, 15) is 24.6 Å². The van der Waals surface area contributed by atoms with Gasteiger partial charge in [0, 0.05) is 0 Å². The Morgan fingerprint density at radius 1 is 0.865 bits per heavy atom. The molecule has 0 amide bonds. The van der Waals surface area contributed by atoms with Gasteiger partial charge in [-0.2, -0.15) is 0 Å². The summed E-state index contributed by atoms with van der Waals surface area (Å²) in [6.07, 6.45) is 0.958. The average molecular weight is 509 g/mol. The van der Waals surface area contributed by atoms with Crippen molar-refractivity contribution in [3.8, 4) is 0 Å². The van der Waals surface area contributed by atoms with Gasteiger partial charge in [-0.3, -0.25) is 0 Å². The highest BCUT2D eigenvalue weighted by molar-refractivity contribution is 5.90. The molecule has 2 aromatic carbocycles. The molecule has 1 aliphatic heterocycles. The fraction of sp³-hybridized carbons (Fsp3) is 0.414. The maximum Gasteiger partial charge on any atom is 0.339 e. The van der Waals surface area contributed by atoms with Crippen molar-refractivity contribution < 1.29 is 38.8 Å². The van der Waals surface area contributed by atoms with Crippen molar-refractivity contribution in [3.05, 3.63) is 83.9 Å². The molecule has 0 aromatic heterocycles. The third kappa shape index (κ3) is 4.45. The molecule has 196 valence electrons. The SMILES string of the molecule is CC1(C)C=C[C@@H](OC(=O)c2ccccc2)[C@]2(C)[C@@H](OC(=O)c3ccccc3)CC[C@](C)(O)[C@]2(C(=O)O)O1. The number of hydrogen-bond acceptors (Lipinski definition) is 7. The Balaban J connectivity index is 1.87. The lowest BCUT2D eigenvalue weighted by Crippen LogP contribution is -2.77. The monoisotopic (exact) mass is 508 g/mol. The van der Waals surface area contributed by atoms with Crippen LogP contribution in [-0.2, 0) is 19.0 Å². The van der Waals surface area contributed by atoms with Gasteiger partial charge < -0.3 is 24.4 Å². The largest absolute Gasteiger partial charge is 0.479 e. The molecule has 0 radical (unpaired) electrons. The molecule has 2 aromatic rings. The number of benzene rings is 2. The smallest absolute Gasteiger partial charge is 0.339 e. The van der Waals surface area contributed by atoms with Gasteiger partial charge in [-0.25, -0.2) is 14.4 Å². The zero-order chi connectivity index (χ0) is 27.1. The summed E-state index contributed by atoms with van der Waals surface area (Å²) in [5, 5.41) is 22.4. The maximum absolute atomic E-state index is 13.2. The first kappa shape index (κ1) is 26.6. The molecule has 1 fully saturated rings. The predicted octanol–water partition coefficient (Wildman–Crippen LogP) is 4.18. The Morgan fingerprint density at radius 3 is 1.89 bits per heavy atom. The molecule has 1 saturated carbocycles. The normalized spacial score (nSPS) is 32.5. The zero-order valence-electron chi connectivity index (χ0n) is 21.3.